The van der Waals surface area contributed by atoms with Crippen molar-refractivity contribution in [1.82, 2.24) is 0 Å². The summed E-state index contributed by atoms with van der Waals surface area (Å²) >= 11 is 2.22. The molecule has 98 valence electrons. The van der Waals surface area contributed by atoms with Crippen molar-refractivity contribution in [2.24, 2.45) is 0 Å². The number of nitrogens with one attached hydrogen (secondary N) is 1. The largest absolute Gasteiger partial charge is 0.497 e. The summed E-state index contributed by atoms with van der Waals surface area (Å²) in [5, 5.41) is 2.88. The molecule has 0 spiro atoms. The second-order valence-electron chi connectivity index (χ2n) is 4.09. The third-order valence-electron chi connectivity index (χ3n) is 2.61. The number of ether oxygens (including phenoxy) is 1. The van der Waals surface area contributed by atoms with Crippen molar-refractivity contribution in [3.05, 3.63) is 57.7 Å². The third-order valence-corrected chi connectivity index (χ3v) is 3.28. The minimum Gasteiger partial charge on any atom is -0.497 e. The molecule has 1 N–H and O–H groups in total. The minimum absolute atomic E-state index is 0.0322. The molecule has 0 bridgehead atoms. The second-order valence-corrected chi connectivity index (χ2v) is 5.33. The van der Waals surface area contributed by atoms with Crippen molar-refractivity contribution in [1.29, 1.82) is 0 Å². The lowest BCUT2D eigenvalue weighted by Crippen LogP contribution is -2.14. The van der Waals surface area contributed by atoms with Gasteiger partial charge in [-0.15, -0.1) is 0 Å². The van der Waals surface area contributed by atoms with Gasteiger partial charge in [0.1, 0.15) is 5.75 Å². The van der Waals surface area contributed by atoms with E-state index >= 15 is 0 Å². The summed E-state index contributed by atoms with van der Waals surface area (Å²) in [5.41, 5.74) is 1.75. The highest BCUT2D eigenvalue weighted by atomic mass is 127. The van der Waals surface area contributed by atoms with Crippen LogP contribution in [0.15, 0.2) is 48.5 Å². The van der Waals surface area contributed by atoms with Gasteiger partial charge in [0.2, 0.25) is 5.91 Å². The average molecular weight is 367 g/mol. The maximum atomic E-state index is 11.9. The van der Waals surface area contributed by atoms with Gasteiger partial charge in [-0.05, 0) is 58.5 Å². The van der Waals surface area contributed by atoms with E-state index in [0.717, 1.165) is 20.6 Å². The topological polar surface area (TPSA) is 38.3 Å². The zero-order chi connectivity index (χ0) is 13.7. The molecule has 3 nitrogen and oxygen atoms in total. The highest BCUT2D eigenvalue weighted by Gasteiger charge is 2.05. The van der Waals surface area contributed by atoms with Crippen LogP contribution in [0.25, 0.3) is 0 Å². The maximum absolute atomic E-state index is 11.9. The van der Waals surface area contributed by atoms with Crippen molar-refractivity contribution in [2.75, 3.05) is 12.4 Å². The molecule has 19 heavy (non-hydrogen) atoms. The van der Waals surface area contributed by atoms with Crippen LogP contribution in [0.2, 0.25) is 0 Å². The molecule has 0 saturated heterocycles. The molecule has 0 atom stereocenters. The van der Waals surface area contributed by atoms with Crippen LogP contribution in [0.3, 0.4) is 0 Å². The summed E-state index contributed by atoms with van der Waals surface area (Å²) < 4.78 is 6.23. The van der Waals surface area contributed by atoms with Crippen LogP contribution in [-0.2, 0) is 11.2 Å². The summed E-state index contributed by atoms with van der Waals surface area (Å²) in [7, 11) is 1.62. The van der Waals surface area contributed by atoms with E-state index in [1.165, 1.54) is 0 Å². The molecule has 0 radical (unpaired) electrons. The molecular weight excluding hydrogens is 353 g/mol. The number of amides is 1. The Hall–Kier alpha value is -1.56. The predicted molar refractivity (Wildman–Crippen MR) is 84.5 cm³/mol. The van der Waals surface area contributed by atoms with Gasteiger partial charge in [-0.25, -0.2) is 0 Å². The smallest absolute Gasteiger partial charge is 0.228 e. The summed E-state index contributed by atoms with van der Waals surface area (Å²) in [4.78, 5) is 11.9. The fraction of sp³-hybridized carbons (Fsp3) is 0.133. The van der Waals surface area contributed by atoms with E-state index < -0.39 is 0 Å². The predicted octanol–water partition coefficient (Wildman–Crippen LogP) is 3.48. The first kappa shape index (κ1) is 13.9. The number of halogens is 1. The highest BCUT2D eigenvalue weighted by Crippen LogP contribution is 2.15. The first-order valence-electron chi connectivity index (χ1n) is 5.86. The Morgan fingerprint density at radius 2 is 2.00 bits per heavy atom. The summed E-state index contributed by atoms with van der Waals surface area (Å²) in [6, 6.07) is 15.2. The SMILES string of the molecule is COc1cccc(CC(=O)Nc2cccc(I)c2)c1. The Balaban J connectivity index is 2.01. The zero-order valence-electron chi connectivity index (χ0n) is 10.5. The van der Waals surface area contributed by atoms with Gasteiger partial charge in [-0.2, -0.15) is 0 Å². The van der Waals surface area contributed by atoms with Crippen molar-refractivity contribution >= 4 is 34.2 Å². The monoisotopic (exact) mass is 367 g/mol. The number of rotatable bonds is 4. The molecule has 2 rings (SSSR count). The third kappa shape index (κ3) is 4.24. The van der Waals surface area contributed by atoms with Gasteiger partial charge in [0, 0.05) is 9.26 Å². The lowest BCUT2D eigenvalue weighted by atomic mass is 10.1. The molecule has 0 fully saturated rings. The average Bonchev–Trinajstić information content (AvgIpc) is 2.38. The number of carbonyl (C=O) groups excluding carboxylic acids is 1. The molecule has 4 heteroatoms. The fourth-order valence-corrected chi connectivity index (χ4v) is 2.28. The van der Waals surface area contributed by atoms with Crippen molar-refractivity contribution < 1.29 is 9.53 Å². The van der Waals surface area contributed by atoms with Gasteiger partial charge in [0.25, 0.3) is 0 Å². The second kappa shape index (κ2) is 6.56. The van der Waals surface area contributed by atoms with Crippen LogP contribution in [0.5, 0.6) is 5.75 Å². The number of hydrogen-bond acceptors (Lipinski definition) is 2. The van der Waals surface area contributed by atoms with E-state index in [4.69, 9.17) is 4.74 Å². The first-order chi connectivity index (χ1) is 9.17. The zero-order valence-corrected chi connectivity index (χ0v) is 12.7. The number of hydrogen-bond donors (Lipinski definition) is 1. The molecule has 0 aliphatic rings. The molecule has 0 heterocycles. The van der Waals surface area contributed by atoms with Crippen LogP contribution in [-0.4, -0.2) is 13.0 Å². The van der Waals surface area contributed by atoms with Crippen LogP contribution < -0.4 is 10.1 Å². The normalized spacial score (nSPS) is 10.0. The molecule has 2 aromatic rings. The summed E-state index contributed by atoms with van der Waals surface area (Å²) in [5.74, 6) is 0.731. The van der Waals surface area contributed by atoms with Crippen LogP contribution in [0.1, 0.15) is 5.56 Å². The van der Waals surface area contributed by atoms with E-state index in [2.05, 4.69) is 27.9 Å². The van der Waals surface area contributed by atoms with Crippen molar-refractivity contribution in [3.63, 3.8) is 0 Å². The molecule has 0 aliphatic carbocycles. The first-order valence-corrected chi connectivity index (χ1v) is 6.93. The highest BCUT2D eigenvalue weighted by molar-refractivity contribution is 14.1. The number of methoxy groups -OCH3 is 1. The van der Waals surface area contributed by atoms with Gasteiger partial charge in [-0.1, -0.05) is 18.2 Å². The number of benzene rings is 2. The number of anilines is 1. The lowest BCUT2D eigenvalue weighted by molar-refractivity contribution is -0.115. The van der Waals surface area contributed by atoms with Crippen LogP contribution in [0, 0.1) is 3.57 Å². The van der Waals surface area contributed by atoms with Crippen LogP contribution >= 0.6 is 22.6 Å². The Morgan fingerprint density at radius 1 is 1.21 bits per heavy atom. The lowest BCUT2D eigenvalue weighted by Gasteiger charge is -2.07. The van der Waals surface area contributed by atoms with Crippen molar-refractivity contribution in [3.8, 4) is 5.75 Å². The van der Waals surface area contributed by atoms with E-state index in [0.29, 0.717) is 6.42 Å². The fourth-order valence-electron chi connectivity index (χ4n) is 1.74. The Labute approximate surface area is 126 Å². The van der Waals surface area contributed by atoms with Gasteiger partial charge in [0.15, 0.2) is 0 Å². The summed E-state index contributed by atoms with van der Waals surface area (Å²) in [6.07, 6.45) is 0.336. The molecule has 0 unspecified atom stereocenters. The van der Waals surface area contributed by atoms with Gasteiger partial charge < -0.3 is 10.1 Å². The van der Waals surface area contributed by atoms with Gasteiger partial charge in [0.05, 0.1) is 13.5 Å². The maximum Gasteiger partial charge on any atom is 0.228 e. The molecule has 0 saturated carbocycles. The minimum atomic E-state index is -0.0322. The Kier molecular flexibility index (Phi) is 4.79. The standard InChI is InChI=1S/C15H14INO2/c1-19-14-7-2-4-11(8-14)9-15(18)17-13-6-3-5-12(16)10-13/h2-8,10H,9H2,1H3,(H,17,18). The Bertz CT molecular complexity index is 584. The quantitative estimate of drug-likeness (QED) is 0.841. The number of carbonyl (C=O) groups is 1. The van der Waals surface area contributed by atoms with Crippen molar-refractivity contribution in [2.45, 2.75) is 6.42 Å². The van der Waals surface area contributed by atoms with E-state index in [1.807, 2.05) is 48.5 Å². The molecular formula is C15H14INO2. The molecule has 2 aromatic carbocycles. The van der Waals surface area contributed by atoms with Gasteiger partial charge in [-0.3, -0.25) is 4.79 Å². The Morgan fingerprint density at radius 3 is 2.74 bits per heavy atom. The van der Waals surface area contributed by atoms with E-state index in [9.17, 15) is 4.79 Å². The molecule has 1 amide bonds. The molecule has 0 aromatic heterocycles. The summed E-state index contributed by atoms with van der Waals surface area (Å²) in [6.45, 7) is 0. The van der Waals surface area contributed by atoms with Gasteiger partial charge >= 0.3 is 0 Å². The van der Waals surface area contributed by atoms with Crippen LogP contribution in [0.4, 0.5) is 5.69 Å². The van der Waals surface area contributed by atoms with E-state index in [-0.39, 0.29) is 5.91 Å². The molecule has 0 aliphatic heterocycles. The van der Waals surface area contributed by atoms with E-state index in [1.54, 1.807) is 7.11 Å².